The first kappa shape index (κ1) is 17.7. The lowest BCUT2D eigenvalue weighted by Crippen LogP contribution is -2.59. The lowest BCUT2D eigenvalue weighted by molar-refractivity contribution is -0.150. The highest BCUT2D eigenvalue weighted by Gasteiger charge is 2.36. The van der Waals surface area contributed by atoms with Crippen molar-refractivity contribution in [2.24, 2.45) is 11.7 Å². The number of piperazine rings is 1. The lowest BCUT2D eigenvalue weighted by Gasteiger charge is -2.46. The van der Waals surface area contributed by atoms with Crippen LogP contribution in [-0.4, -0.2) is 60.8 Å². The Kier molecular flexibility index (Phi) is 6.28. The number of halogens is 3. The van der Waals surface area contributed by atoms with E-state index in [1.807, 2.05) is 0 Å². The first-order valence-corrected chi connectivity index (χ1v) is 7.40. The Hall–Kier alpha value is -0.330. The molecule has 1 aliphatic heterocycles. The third-order valence-electron chi connectivity index (χ3n) is 4.24. The molecule has 1 heterocycles. The van der Waals surface area contributed by atoms with E-state index in [1.54, 1.807) is 0 Å². The minimum absolute atomic E-state index is 0.0887. The molecule has 120 valence electrons. The van der Waals surface area contributed by atoms with Crippen LogP contribution in [0.3, 0.4) is 0 Å². The molecule has 1 rings (SSSR count). The second-order valence-corrected chi connectivity index (χ2v) is 6.51. The predicted molar refractivity (Wildman–Crippen MR) is 75.6 cm³/mol. The summed E-state index contributed by atoms with van der Waals surface area (Å²) < 4.78 is 37.1. The summed E-state index contributed by atoms with van der Waals surface area (Å²) in [6.45, 7) is 8.52. The topological polar surface area (TPSA) is 32.5 Å². The zero-order valence-corrected chi connectivity index (χ0v) is 12.8. The highest BCUT2D eigenvalue weighted by molar-refractivity contribution is 4.90. The number of rotatable bonds is 6. The molecular weight excluding hydrogens is 267 g/mol. The van der Waals surface area contributed by atoms with Gasteiger partial charge in [-0.25, -0.2) is 0 Å². The summed E-state index contributed by atoms with van der Waals surface area (Å²) in [5, 5.41) is 0. The van der Waals surface area contributed by atoms with E-state index in [-0.39, 0.29) is 5.54 Å². The van der Waals surface area contributed by atoms with E-state index in [1.165, 1.54) is 4.90 Å². The van der Waals surface area contributed by atoms with Gasteiger partial charge in [0, 0.05) is 38.3 Å². The van der Waals surface area contributed by atoms with E-state index in [0.717, 1.165) is 12.8 Å². The Labute approximate surface area is 120 Å². The van der Waals surface area contributed by atoms with Gasteiger partial charge in [0.25, 0.3) is 0 Å². The van der Waals surface area contributed by atoms with Crippen molar-refractivity contribution >= 4 is 0 Å². The van der Waals surface area contributed by atoms with Crippen LogP contribution >= 0.6 is 0 Å². The van der Waals surface area contributed by atoms with Crippen molar-refractivity contribution in [1.29, 1.82) is 0 Å². The van der Waals surface area contributed by atoms with Crippen LogP contribution in [0.25, 0.3) is 0 Å². The molecule has 0 bridgehead atoms. The highest BCUT2D eigenvalue weighted by Crippen LogP contribution is 2.25. The minimum atomic E-state index is -4.10. The van der Waals surface area contributed by atoms with Crippen LogP contribution in [0.1, 0.15) is 33.6 Å². The van der Waals surface area contributed by atoms with Crippen molar-refractivity contribution in [2.75, 3.05) is 39.3 Å². The second-order valence-electron chi connectivity index (χ2n) is 6.51. The summed E-state index contributed by atoms with van der Waals surface area (Å²) in [7, 11) is 0. The number of hydrogen-bond donors (Lipinski definition) is 1. The van der Waals surface area contributed by atoms with Gasteiger partial charge in [0.15, 0.2) is 0 Å². The molecule has 1 atom stereocenters. The number of nitrogens with zero attached hydrogens (tertiary/aromatic N) is 2. The fourth-order valence-electron chi connectivity index (χ4n) is 2.69. The van der Waals surface area contributed by atoms with Crippen molar-refractivity contribution in [3.05, 3.63) is 0 Å². The van der Waals surface area contributed by atoms with Crippen molar-refractivity contribution < 1.29 is 13.2 Å². The van der Waals surface area contributed by atoms with Gasteiger partial charge in [0.05, 0.1) is 6.54 Å². The Morgan fingerprint density at radius 1 is 1.10 bits per heavy atom. The average molecular weight is 295 g/mol. The summed E-state index contributed by atoms with van der Waals surface area (Å²) in [6, 6.07) is 0. The van der Waals surface area contributed by atoms with Gasteiger partial charge in [-0.2, -0.15) is 13.2 Å². The zero-order valence-electron chi connectivity index (χ0n) is 12.8. The van der Waals surface area contributed by atoms with Crippen LogP contribution in [0.5, 0.6) is 0 Å². The van der Waals surface area contributed by atoms with Crippen LogP contribution in [0.2, 0.25) is 0 Å². The van der Waals surface area contributed by atoms with Crippen LogP contribution < -0.4 is 5.73 Å². The van der Waals surface area contributed by atoms with Crippen molar-refractivity contribution in [1.82, 2.24) is 9.80 Å². The maximum atomic E-state index is 12.4. The SMILES string of the molecule is CC(C)CCC(C)(CN)N1CCN(CC(F)(F)F)CC1. The summed E-state index contributed by atoms with van der Waals surface area (Å²) in [4.78, 5) is 3.75. The quantitative estimate of drug-likeness (QED) is 0.816. The van der Waals surface area contributed by atoms with Crippen molar-refractivity contribution in [3.8, 4) is 0 Å². The molecule has 1 fully saturated rings. The van der Waals surface area contributed by atoms with Crippen LogP contribution in [0, 0.1) is 5.92 Å². The summed E-state index contributed by atoms with van der Waals surface area (Å²) in [5.74, 6) is 0.618. The van der Waals surface area contributed by atoms with Gasteiger partial charge in [-0.3, -0.25) is 9.80 Å². The van der Waals surface area contributed by atoms with Gasteiger partial charge in [0.1, 0.15) is 0 Å². The summed E-state index contributed by atoms with van der Waals surface area (Å²) in [6.07, 6.45) is -2.01. The van der Waals surface area contributed by atoms with Crippen LogP contribution in [-0.2, 0) is 0 Å². The molecule has 0 aromatic rings. The van der Waals surface area contributed by atoms with E-state index in [2.05, 4.69) is 25.7 Å². The predicted octanol–water partition coefficient (Wildman–Crippen LogP) is 2.32. The van der Waals surface area contributed by atoms with Crippen LogP contribution in [0.4, 0.5) is 13.2 Å². The van der Waals surface area contributed by atoms with Crippen LogP contribution in [0.15, 0.2) is 0 Å². The van der Waals surface area contributed by atoms with Gasteiger partial charge in [-0.15, -0.1) is 0 Å². The molecule has 1 aliphatic rings. The third kappa shape index (κ3) is 5.58. The molecule has 0 aromatic carbocycles. The van der Waals surface area contributed by atoms with E-state index < -0.39 is 12.7 Å². The average Bonchev–Trinajstić information content (AvgIpc) is 2.35. The highest BCUT2D eigenvalue weighted by atomic mass is 19.4. The molecular formula is C14H28F3N3. The molecule has 3 nitrogen and oxygen atoms in total. The first-order chi connectivity index (χ1) is 9.16. The van der Waals surface area contributed by atoms with E-state index in [9.17, 15) is 13.2 Å². The lowest BCUT2D eigenvalue weighted by atomic mass is 9.89. The molecule has 20 heavy (non-hydrogen) atoms. The fraction of sp³-hybridized carbons (Fsp3) is 1.00. The van der Waals surface area contributed by atoms with Gasteiger partial charge in [-0.1, -0.05) is 13.8 Å². The second kappa shape index (κ2) is 7.09. The van der Waals surface area contributed by atoms with Gasteiger partial charge in [0.2, 0.25) is 0 Å². The molecule has 6 heteroatoms. The molecule has 0 radical (unpaired) electrons. The number of hydrogen-bond acceptors (Lipinski definition) is 3. The summed E-state index contributed by atoms with van der Waals surface area (Å²) >= 11 is 0. The molecule has 0 spiro atoms. The van der Waals surface area contributed by atoms with E-state index in [4.69, 9.17) is 5.73 Å². The number of alkyl halides is 3. The maximum Gasteiger partial charge on any atom is 0.401 e. The smallest absolute Gasteiger partial charge is 0.329 e. The molecule has 0 aromatic heterocycles. The van der Waals surface area contributed by atoms with Gasteiger partial charge >= 0.3 is 6.18 Å². The Balaban J connectivity index is 2.49. The molecule has 0 amide bonds. The van der Waals surface area contributed by atoms with Gasteiger partial charge in [-0.05, 0) is 25.7 Å². The maximum absolute atomic E-state index is 12.4. The fourth-order valence-corrected chi connectivity index (χ4v) is 2.69. The Morgan fingerprint density at radius 2 is 1.65 bits per heavy atom. The monoisotopic (exact) mass is 295 g/mol. The molecule has 0 saturated carbocycles. The molecule has 2 N–H and O–H groups in total. The Bertz CT molecular complexity index is 286. The minimum Gasteiger partial charge on any atom is -0.329 e. The van der Waals surface area contributed by atoms with Crippen molar-refractivity contribution in [3.63, 3.8) is 0 Å². The van der Waals surface area contributed by atoms with Gasteiger partial charge < -0.3 is 5.73 Å². The third-order valence-corrected chi connectivity index (χ3v) is 4.24. The van der Waals surface area contributed by atoms with Crippen molar-refractivity contribution in [2.45, 2.75) is 45.3 Å². The zero-order chi connectivity index (χ0) is 15.4. The molecule has 1 saturated heterocycles. The molecule has 0 aliphatic carbocycles. The molecule has 1 unspecified atom stereocenters. The first-order valence-electron chi connectivity index (χ1n) is 7.40. The largest absolute Gasteiger partial charge is 0.401 e. The number of nitrogens with two attached hydrogens (primary N) is 1. The summed E-state index contributed by atoms with van der Waals surface area (Å²) in [5.41, 5.74) is 5.84. The van der Waals surface area contributed by atoms with E-state index >= 15 is 0 Å². The standard InChI is InChI=1S/C14H28F3N3/c1-12(2)4-5-13(3,10-18)20-8-6-19(7-9-20)11-14(15,16)17/h12H,4-11,18H2,1-3H3. The van der Waals surface area contributed by atoms with E-state index in [0.29, 0.717) is 38.6 Å². The normalized spacial score (nSPS) is 22.2. The Morgan fingerprint density at radius 3 is 2.05 bits per heavy atom.